The van der Waals surface area contributed by atoms with E-state index in [0.717, 1.165) is 10.2 Å². The SMILES string of the molecule is CC(=O)N(CCNC(=O)c1ccccc1F)c1ccccc1Br. The molecule has 1 N–H and O–H groups in total. The number of anilines is 1. The van der Waals surface area contributed by atoms with Crippen LogP contribution in [0.25, 0.3) is 0 Å². The number of carbonyl (C=O) groups excluding carboxylic acids is 2. The van der Waals surface area contributed by atoms with Crippen LogP contribution in [0.4, 0.5) is 10.1 Å². The number of rotatable bonds is 5. The maximum Gasteiger partial charge on any atom is 0.254 e. The van der Waals surface area contributed by atoms with Crippen LogP contribution in [0.5, 0.6) is 0 Å². The summed E-state index contributed by atoms with van der Waals surface area (Å²) >= 11 is 3.40. The summed E-state index contributed by atoms with van der Waals surface area (Å²) in [6, 6.07) is 13.1. The molecule has 0 aliphatic heterocycles. The molecule has 2 aromatic carbocycles. The maximum absolute atomic E-state index is 13.5. The van der Waals surface area contributed by atoms with Gasteiger partial charge in [-0.05, 0) is 40.2 Å². The minimum absolute atomic E-state index is 0.0113. The Morgan fingerprint density at radius 2 is 1.78 bits per heavy atom. The van der Waals surface area contributed by atoms with Crippen molar-refractivity contribution >= 4 is 33.4 Å². The van der Waals surface area contributed by atoms with Gasteiger partial charge in [0, 0.05) is 24.5 Å². The summed E-state index contributed by atoms with van der Waals surface area (Å²) in [5.74, 6) is -1.21. The zero-order chi connectivity index (χ0) is 16.8. The lowest BCUT2D eigenvalue weighted by Gasteiger charge is -2.22. The molecule has 0 fully saturated rings. The predicted octanol–water partition coefficient (Wildman–Crippen LogP) is 3.37. The number of carbonyl (C=O) groups is 2. The molecule has 0 saturated heterocycles. The predicted molar refractivity (Wildman–Crippen MR) is 90.9 cm³/mol. The van der Waals surface area contributed by atoms with Crippen molar-refractivity contribution in [1.29, 1.82) is 0 Å². The van der Waals surface area contributed by atoms with E-state index in [0.29, 0.717) is 0 Å². The van der Waals surface area contributed by atoms with Crippen LogP contribution in [-0.2, 0) is 4.79 Å². The van der Waals surface area contributed by atoms with E-state index < -0.39 is 11.7 Å². The summed E-state index contributed by atoms with van der Waals surface area (Å²) in [5.41, 5.74) is 0.711. The molecule has 4 nitrogen and oxygen atoms in total. The Hall–Kier alpha value is -2.21. The third-order valence-corrected chi connectivity index (χ3v) is 3.93. The number of hydrogen-bond acceptors (Lipinski definition) is 2. The number of halogens is 2. The first kappa shape index (κ1) is 17.1. The highest BCUT2D eigenvalue weighted by Gasteiger charge is 2.15. The molecule has 2 rings (SSSR count). The first-order chi connectivity index (χ1) is 11.0. The highest BCUT2D eigenvalue weighted by atomic mass is 79.9. The Morgan fingerprint density at radius 1 is 1.13 bits per heavy atom. The lowest BCUT2D eigenvalue weighted by Crippen LogP contribution is -2.38. The van der Waals surface area contributed by atoms with Crippen molar-refractivity contribution < 1.29 is 14.0 Å². The summed E-state index contributed by atoms with van der Waals surface area (Å²) in [4.78, 5) is 25.3. The van der Waals surface area contributed by atoms with Crippen molar-refractivity contribution in [1.82, 2.24) is 5.32 Å². The molecule has 2 aromatic rings. The van der Waals surface area contributed by atoms with Gasteiger partial charge in [0.2, 0.25) is 5.91 Å². The molecule has 0 saturated carbocycles. The maximum atomic E-state index is 13.5. The standard InChI is InChI=1S/C17H16BrFN2O2/c1-12(22)21(16-9-5-3-7-14(16)18)11-10-20-17(23)13-6-2-4-8-15(13)19/h2-9H,10-11H2,1H3,(H,20,23). The molecule has 0 atom stereocenters. The second-order valence-electron chi connectivity index (χ2n) is 4.86. The molecule has 2 amide bonds. The van der Waals surface area contributed by atoms with Crippen LogP contribution in [-0.4, -0.2) is 24.9 Å². The Kier molecular flexibility index (Phi) is 5.87. The molecule has 0 aliphatic rings. The molecule has 0 heterocycles. The Bertz CT molecular complexity index is 721. The lowest BCUT2D eigenvalue weighted by molar-refractivity contribution is -0.116. The van der Waals surface area contributed by atoms with E-state index in [4.69, 9.17) is 0 Å². The van der Waals surface area contributed by atoms with Crippen LogP contribution in [0, 0.1) is 5.82 Å². The molecule has 23 heavy (non-hydrogen) atoms. The van der Waals surface area contributed by atoms with Gasteiger partial charge < -0.3 is 10.2 Å². The number of benzene rings is 2. The summed E-state index contributed by atoms with van der Waals surface area (Å²) in [7, 11) is 0. The van der Waals surface area contributed by atoms with Crippen molar-refractivity contribution in [3.8, 4) is 0 Å². The van der Waals surface area contributed by atoms with Gasteiger partial charge in [0.05, 0.1) is 11.3 Å². The van der Waals surface area contributed by atoms with Crippen LogP contribution in [0.15, 0.2) is 53.0 Å². The van der Waals surface area contributed by atoms with E-state index in [-0.39, 0.29) is 24.6 Å². The minimum atomic E-state index is -0.570. The molecule has 120 valence electrons. The fourth-order valence-corrected chi connectivity index (χ4v) is 2.64. The fraction of sp³-hybridized carbons (Fsp3) is 0.176. The fourth-order valence-electron chi connectivity index (χ4n) is 2.14. The van der Waals surface area contributed by atoms with Gasteiger partial charge in [-0.25, -0.2) is 4.39 Å². The third-order valence-electron chi connectivity index (χ3n) is 3.26. The van der Waals surface area contributed by atoms with Crippen molar-refractivity contribution in [3.05, 3.63) is 64.4 Å². The zero-order valence-corrected chi connectivity index (χ0v) is 14.1. The second kappa shape index (κ2) is 7.87. The molecule has 0 spiro atoms. The molecule has 0 unspecified atom stereocenters. The van der Waals surface area contributed by atoms with E-state index in [1.54, 1.807) is 11.0 Å². The first-order valence-electron chi connectivity index (χ1n) is 7.06. The first-order valence-corrected chi connectivity index (χ1v) is 7.85. The van der Waals surface area contributed by atoms with Crippen LogP contribution >= 0.6 is 15.9 Å². The quantitative estimate of drug-likeness (QED) is 0.866. The van der Waals surface area contributed by atoms with E-state index in [9.17, 15) is 14.0 Å². The van der Waals surface area contributed by atoms with Gasteiger partial charge in [0.15, 0.2) is 0 Å². The molecule has 0 aliphatic carbocycles. The van der Waals surface area contributed by atoms with Gasteiger partial charge >= 0.3 is 0 Å². The Morgan fingerprint density at radius 3 is 2.43 bits per heavy atom. The largest absolute Gasteiger partial charge is 0.350 e. The summed E-state index contributed by atoms with van der Waals surface area (Å²) < 4.78 is 14.3. The van der Waals surface area contributed by atoms with Crippen LogP contribution in [0.2, 0.25) is 0 Å². The Labute approximate surface area is 142 Å². The van der Waals surface area contributed by atoms with Gasteiger partial charge in [0.1, 0.15) is 5.82 Å². The summed E-state index contributed by atoms with van der Waals surface area (Å²) in [6.07, 6.45) is 0. The smallest absolute Gasteiger partial charge is 0.254 e. The summed E-state index contributed by atoms with van der Waals surface area (Å²) in [5, 5.41) is 2.63. The zero-order valence-electron chi connectivity index (χ0n) is 12.6. The molecule has 0 bridgehead atoms. The van der Waals surface area contributed by atoms with Crippen molar-refractivity contribution in [2.24, 2.45) is 0 Å². The van der Waals surface area contributed by atoms with Crippen LogP contribution in [0.3, 0.4) is 0 Å². The van der Waals surface area contributed by atoms with E-state index in [1.807, 2.05) is 24.3 Å². The van der Waals surface area contributed by atoms with Crippen molar-refractivity contribution in [2.45, 2.75) is 6.92 Å². The second-order valence-corrected chi connectivity index (χ2v) is 5.71. The van der Waals surface area contributed by atoms with E-state index in [1.165, 1.54) is 25.1 Å². The van der Waals surface area contributed by atoms with E-state index in [2.05, 4.69) is 21.2 Å². The number of amides is 2. The minimum Gasteiger partial charge on any atom is -0.350 e. The van der Waals surface area contributed by atoms with Gasteiger partial charge in [-0.2, -0.15) is 0 Å². The van der Waals surface area contributed by atoms with Crippen LogP contribution < -0.4 is 10.2 Å². The molecular weight excluding hydrogens is 363 g/mol. The van der Waals surface area contributed by atoms with Crippen molar-refractivity contribution in [3.63, 3.8) is 0 Å². The molecule has 0 radical (unpaired) electrons. The Balaban J connectivity index is 2.01. The normalized spacial score (nSPS) is 10.2. The monoisotopic (exact) mass is 378 g/mol. The average molecular weight is 379 g/mol. The van der Waals surface area contributed by atoms with Gasteiger partial charge in [-0.1, -0.05) is 24.3 Å². The average Bonchev–Trinajstić information content (AvgIpc) is 2.52. The highest BCUT2D eigenvalue weighted by molar-refractivity contribution is 9.10. The molecule has 6 heteroatoms. The van der Waals surface area contributed by atoms with Gasteiger partial charge in [0.25, 0.3) is 5.91 Å². The van der Waals surface area contributed by atoms with E-state index >= 15 is 0 Å². The number of nitrogens with zero attached hydrogens (tertiary/aromatic N) is 1. The summed E-state index contributed by atoms with van der Waals surface area (Å²) in [6.45, 7) is 1.96. The number of para-hydroxylation sites is 1. The molecular formula is C17H16BrFN2O2. The van der Waals surface area contributed by atoms with Crippen molar-refractivity contribution in [2.75, 3.05) is 18.0 Å². The topological polar surface area (TPSA) is 49.4 Å². The van der Waals surface area contributed by atoms with Gasteiger partial charge in [-0.15, -0.1) is 0 Å². The number of hydrogen-bond donors (Lipinski definition) is 1. The lowest BCUT2D eigenvalue weighted by atomic mass is 10.2. The van der Waals surface area contributed by atoms with Gasteiger partial charge in [-0.3, -0.25) is 9.59 Å². The molecule has 0 aromatic heterocycles. The van der Waals surface area contributed by atoms with Crippen LogP contribution in [0.1, 0.15) is 17.3 Å². The number of nitrogens with one attached hydrogen (secondary N) is 1. The highest BCUT2D eigenvalue weighted by Crippen LogP contribution is 2.25. The third kappa shape index (κ3) is 4.39.